The molecule has 0 spiro atoms. The fraction of sp³-hybridized carbons (Fsp3) is 0.278. The van der Waals surface area contributed by atoms with E-state index in [0.29, 0.717) is 11.5 Å². The minimum atomic E-state index is -0.135. The van der Waals surface area contributed by atoms with Gasteiger partial charge in [-0.25, -0.2) is 0 Å². The molecule has 1 saturated heterocycles. The van der Waals surface area contributed by atoms with Crippen LogP contribution in [0.2, 0.25) is 0 Å². The molecule has 4 aromatic rings. The third kappa shape index (κ3) is 5.62. The average molecular weight is 544 g/mol. The molecular weight excluding hydrogens is 506 g/mol. The number of nitrogens with zero attached hydrogens (tertiary/aromatic N) is 1. The maximum absolute atomic E-state index is 13.4. The second-order valence-electron chi connectivity index (χ2n) is 11.6. The lowest BCUT2D eigenvalue weighted by atomic mass is 9.79. The molecular formula is C36H37N3O2. The van der Waals surface area contributed by atoms with Crippen molar-refractivity contribution in [2.45, 2.75) is 45.1 Å². The third-order valence-electron chi connectivity index (χ3n) is 8.44. The van der Waals surface area contributed by atoms with Gasteiger partial charge in [-0.3, -0.25) is 9.59 Å². The van der Waals surface area contributed by atoms with E-state index in [1.807, 2.05) is 62.4 Å². The minimum absolute atomic E-state index is 0.0845. The van der Waals surface area contributed by atoms with Crippen molar-refractivity contribution in [1.29, 1.82) is 0 Å². The normalized spacial score (nSPS) is 15.2. The van der Waals surface area contributed by atoms with E-state index in [0.717, 1.165) is 60.4 Å². The fourth-order valence-corrected chi connectivity index (χ4v) is 6.50. The van der Waals surface area contributed by atoms with Gasteiger partial charge in [0, 0.05) is 36.1 Å². The lowest BCUT2D eigenvalue weighted by Gasteiger charge is -2.37. The van der Waals surface area contributed by atoms with Crippen LogP contribution in [0, 0.1) is 5.92 Å². The van der Waals surface area contributed by atoms with Gasteiger partial charge in [-0.1, -0.05) is 66.7 Å². The van der Waals surface area contributed by atoms with Gasteiger partial charge in [0.15, 0.2) is 0 Å². The van der Waals surface area contributed by atoms with Crippen LogP contribution in [0.1, 0.15) is 59.7 Å². The molecule has 2 N–H and O–H groups in total. The molecule has 5 nitrogen and oxygen atoms in total. The standard InChI is InChI=1S/C36H37N3O2/c1-24(2)37-36(41)33(25-9-4-3-5-10-25)26-19-21-39(22-20-26)30-17-15-29(16-18-30)38-35(40)32-14-8-12-28-23-27-11-6-7-13-31(27)34(28)32/h3-18,24,26,33H,19-23H2,1-2H3,(H,37,41)(H,38,40). The maximum atomic E-state index is 13.4. The highest BCUT2D eigenvalue weighted by molar-refractivity contribution is 6.10. The number of benzene rings is 4. The number of amides is 2. The minimum Gasteiger partial charge on any atom is -0.372 e. The molecule has 1 aliphatic carbocycles. The summed E-state index contributed by atoms with van der Waals surface area (Å²) < 4.78 is 0. The Morgan fingerprint density at radius 2 is 1.46 bits per heavy atom. The van der Waals surface area contributed by atoms with Gasteiger partial charge in [0.2, 0.25) is 5.91 Å². The van der Waals surface area contributed by atoms with Gasteiger partial charge in [0.25, 0.3) is 5.91 Å². The van der Waals surface area contributed by atoms with E-state index in [4.69, 9.17) is 0 Å². The van der Waals surface area contributed by atoms with E-state index < -0.39 is 0 Å². The Hall–Kier alpha value is -4.38. The van der Waals surface area contributed by atoms with Gasteiger partial charge >= 0.3 is 0 Å². The number of carbonyl (C=O) groups is 2. The first-order chi connectivity index (χ1) is 20.0. The zero-order chi connectivity index (χ0) is 28.3. The van der Waals surface area contributed by atoms with Gasteiger partial charge < -0.3 is 15.5 Å². The van der Waals surface area contributed by atoms with E-state index in [1.165, 1.54) is 11.1 Å². The van der Waals surface area contributed by atoms with Gasteiger partial charge in [-0.05, 0) is 97.2 Å². The van der Waals surface area contributed by atoms with E-state index in [1.54, 1.807) is 0 Å². The molecule has 1 heterocycles. The number of rotatable bonds is 7. The number of nitrogens with one attached hydrogen (secondary N) is 2. The van der Waals surface area contributed by atoms with E-state index >= 15 is 0 Å². The molecule has 2 aliphatic rings. The molecule has 1 fully saturated rings. The summed E-state index contributed by atoms with van der Waals surface area (Å²) in [5.74, 6) is 0.199. The molecule has 208 valence electrons. The predicted molar refractivity (Wildman–Crippen MR) is 166 cm³/mol. The Bertz CT molecular complexity index is 1540. The number of anilines is 2. The largest absolute Gasteiger partial charge is 0.372 e. The predicted octanol–water partition coefficient (Wildman–Crippen LogP) is 7.03. The zero-order valence-electron chi connectivity index (χ0n) is 23.8. The van der Waals surface area contributed by atoms with Crippen molar-refractivity contribution in [3.05, 3.63) is 119 Å². The fourth-order valence-electron chi connectivity index (χ4n) is 6.50. The number of fused-ring (bicyclic) bond motifs is 3. The zero-order valence-corrected chi connectivity index (χ0v) is 23.8. The van der Waals surface area contributed by atoms with E-state index in [-0.39, 0.29) is 23.8 Å². The summed E-state index contributed by atoms with van der Waals surface area (Å²) in [6.45, 7) is 5.81. The number of piperidine rings is 1. The van der Waals surface area contributed by atoms with Crippen molar-refractivity contribution in [2.75, 3.05) is 23.3 Å². The number of carbonyl (C=O) groups excluding carboxylic acids is 2. The second-order valence-corrected chi connectivity index (χ2v) is 11.6. The van der Waals surface area contributed by atoms with Crippen LogP contribution in [-0.4, -0.2) is 30.9 Å². The molecule has 0 bridgehead atoms. The summed E-state index contributed by atoms with van der Waals surface area (Å²) in [5.41, 5.74) is 8.41. The molecule has 0 saturated carbocycles. The Morgan fingerprint density at radius 3 is 2.20 bits per heavy atom. The summed E-state index contributed by atoms with van der Waals surface area (Å²) >= 11 is 0. The molecule has 6 rings (SSSR count). The van der Waals surface area contributed by atoms with Crippen LogP contribution >= 0.6 is 0 Å². The topological polar surface area (TPSA) is 61.4 Å². The molecule has 5 heteroatoms. The van der Waals surface area contributed by atoms with Crippen molar-refractivity contribution >= 4 is 23.2 Å². The Morgan fingerprint density at radius 1 is 0.780 bits per heavy atom. The quantitative estimate of drug-likeness (QED) is 0.232. The molecule has 0 aromatic heterocycles. The molecule has 1 aliphatic heterocycles. The molecule has 1 unspecified atom stereocenters. The molecule has 0 radical (unpaired) electrons. The Labute approximate surface area is 242 Å². The van der Waals surface area contributed by atoms with Crippen molar-refractivity contribution < 1.29 is 9.59 Å². The molecule has 4 aromatic carbocycles. The van der Waals surface area contributed by atoms with Crippen LogP contribution in [0.15, 0.2) is 97.1 Å². The molecule has 41 heavy (non-hydrogen) atoms. The average Bonchev–Trinajstić information content (AvgIpc) is 3.37. The summed E-state index contributed by atoms with van der Waals surface area (Å²) in [6.07, 6.45) is 2.76. The monoisotopic (exact) mass is 543 g/mol. The first kappa shape index (κ1) is 26.8. The number of hydrogen-bond donors (Lipinski definition) is 2. The van der Waals surface area contributed by atoms with Gasteiger partial charge in [0.05, 0.1) is 5.92 Å². The number of hydrogen-bond acceptors (Lipinski definition) is 3. The first-order valence-corrected chi connectivity index (χ1v) is 14.7. The van der Waals surface area contributed by atoms with Gasteiger partial charge in [0.1, 0.15) is 0 Å². The van der Waals surface area contributed by atoms with Gasteiger partial charge in [-0.2, -0.15) is 0 Å². The van der Waals surface area contributed by atoms with Crippen LogP contribution in [-0.2, 0) is 11.2 Å². The van der Waals surface area contributed by atoms with E-state index in [2.05, 4.69) is 64.1 Å². The third-order valence-corrected chi connectivity index (χ3v) is 8.44. The van der Waals surface area contributed by atoms with Crippen LogP contribution in [0.25, 0.3) is 11.1 Å². The highest BCUT2D eigenvalue weighted by atomic mass is 16.2. The van der Waals surface area contributed by atoms with Crippen molar-refractivity contribution in [3.8, 4) is 11.1 Å². The van der Waals surface area contributed by atoms with Crippen molar-refractivity contribution in [2.24, 2.45) is 5.92 Å². The molecule has 1 atom stereocenters. The maximum Gasteiger partial charge on any atom is 0.256 e. The first-order valence-electron chi connectivity index (χ1n) is 14.7. The van der Waals surface area contributed by atoms with E-state index in [9.17, 15) is 9.59 Å². The highest BCUT2D eigenvalue weighted by Gasteiger charge is 2.33. The van der Waals surface area contributed by atoms with Gasteiger partial charge in [-0.15, -0.1) is 0 Å². The summed E-state index contributed by atoms with van der Waals surface area (Å²) in [4.78, 5) is 28.9. The summed E-state index contributed by atoms with van der Waals surface area (Å²) in [7, 11) is 0. The Balaban J connectivity index is 1.11. The second kappa shape index (κ2) is 11.6. The van der Waals surface area contributed by atoms with Crippen molar-refractivity contribution in [3.63, 3.8) is 0 Å². The van der Waals surface area contributed by atoms with Crippen LogP contribution < -0.4 is 15.5 Å². The van der Waals surface area contributed by atoms with Crippen LogP contribution in [0.3, 0.4) is 0 Å². The lowest BCUT2D eigenvalue weighted by Crippen LogP contribution is -2.42. The summed E-state index contributed by atoms with van der Waals surface area (Å²) in [6, 6.07) is 32.8. The lowest BCUT2D eigenvalue weighted by molar-refractivity contribution is -0.124. The Kier molecular flexibility index (Phi) is 7.60. The molecule has 2 amide bonds. The highest BCUT2D eigenvalue weighted by Crippen LogP contribution is 2.39. The van der Waals surface area contributed by atoms with Crippen LogP contribution in [0.4, 0.5) is 11.4 Å². The smallest absolute Gasteiger partial charge is 0.256 e. The van der Waals surface area contributed by atoms with Crippen molar-refractivity contribution in [1.82, 2.24) is 5.32 Å². The summed E-state index contributed by atoms with van der Waals surface area (Å²) in [5, 5.41) is 6.26. The SMILES string of the molecule is CC(C)NC(=O)C(c1ccccc1)C1CCN(c2ccc(NC(=O)c3cccc4c3-c3ccccc3C4)cc2)CC1. The van der Waals surface area contributed by atoms with Crippen LogP contribution in [0.5, 0.6) is 0 Å².